The minimum absolute atomic E-state index is 0.0849. The zero-order valence-corrected chi connectivity index (χ0v) is 8.27. The highest BCUT2D eigenvalue weighted by molar-refractivity contribution is 6.17. The summed E-state index contributed by atoms with van der Waals surface area (Å²) in [5, 5.41) is 0. The van der Waals surface area contributed by atoms with E-state index in [0.717, 1.165) is 0 Å². The van der Waals surface area contributed by atoms with Crippen LogP contribution in [-0.4, -0.2) is 17.3 Å². The smallest absolute Gasteiger partial charge is 0.182 e. The zero-order chi connectivity index (χ0) is 11.0. The van der Waals surface area contributed by atoms with Gasteiger partial charge in [0.25, 0.3) is 0 Å². The molecule has 2 atom stereocenters. The van der Waals surface area contributed by atoms with Crippen molar-refractivity contribution in [3.63, 3.8) is 0 Å². The molecule has 15 heavy (non-hydrogen) atoms. The van der Waals surface area contributed by atoms with Crippen molar-refractivity contribution in [3.05, 3.63) is 36.0 Å². The monoisotopic (exact) mass is 202 g/mol. The normalized spacial score (nSPS) is 28.7. The first-order valence-electron chi connectivity index (χ1n) is 4.76. The number of allylic oxidation sites excluding steroid dienone is 6. The topological polar surface area (TPSA) is 51.2 Å². The van der Waals surface area contributed by atoms with Crippen LogP contribution < -0.4 is 0 Å². The molecule has 3 heteroatoms. The Labute approximate surface area is 87.2 Å². The van der Waals surface area contributed by atoms with Crippen molar-refractivity contribution in [2.75, 3.05) is 0 Å². The van der Waals surface area contributed by atoms with E-state index in [2.05, 4.69) is 0 Å². The summed E-state index contributed by atoms with van der Waals surface area (Å²) in [6.07, 6.45) is 7.50. The molecule has 0 aromatic carbocycles. The Morgan fingerprint density at radius 2 is 2.00 bits per heavy atom. The number of carbonyl (C=O) groups excluding carboxylic acids is 3. The van der Waals surface area contributed by atoms with E-state index >= 15 is 0 Å². The predicted molar refractivity (Wildman–Crippen MR) is 54.0 cm³/mol. The van der Waals surface area contributed by atoms with Crippen molar-refractivity contribution in [2.45, 2.75) is 6.92 Å². The molecule has 0 N–H and O–H groups in total. The van der Waals surface area contributed by atoms with Gasteiger partial charge in [-0.05, 0) is 19.1 Å². The van der Waals surface area contributed by atoms with Gasteiger partial charge in [-0.3, -0.25) is 14.4 Å². The first kappa shape index (κ1) is 9.77. The maximum Gasteiger partial charge on any atom is 0.182 e. The molecule has 0 saturated carbocycles. The van der Waals surface area contributed by atoms with Crippen molar-refractivity contribution in [1.29, 1.82) is 0 Å². The van der Waals surface area contributed by atoms with Crippen LogP contribution >= 0.6 is 0 Å². The van der Waals surface area contributed by atoms with Gasteiger partial charge in [-0.2, -0.15) is 0 Å². The molecule has 0 spiro atoms. The molecule has 0 saturated heterocycles. The van der Waals surface area contributed by atoms with E-state index in [1.54, 1.807) is 18.2 Å². The quantitative estimate of drug-likeness (QED) is 0.637. The summed E-state index contributed by atoms with van der Waals surface area (Å²) in [7, 11) is 0. The highest BCUT2D eigenvalue weighted by atomic mass is 16.1. The Morgan fingerprint density at radius 1 is 1.27 bits per heavy atom. The van der Waals surface area contributed by atoms with Crippen LogP contribution in [0.5, 0.6) is 0 Å². The lowest BCUT2D eigenvalue weighted by molar-refractivity contribution is -0.127. The molecule has 76 valence electrons. The molecule has 2 aliphatic rings. The van der Waals surface area contributed by atoms with Crippen molar-refractivity contribution >= 4 is 17.3 Å². The lowest BCUT2D eigenvalue weighted by Crippen LogP contribution is -2.34. The van der Waals surface area contributed by atoms with E-state index in [4.69, 9.17) is 0 Å². The fourth-order valence-corrected chi connectivity index (χ4v) is 1.98. The summed E-state index contributed by atoms with van der Waals surface area (Å²) in [5.74, 6) is -1.49. The van der Waals surface area contributed by atoms with Crippen LogP contribution in [0, 0.1) is 11.8 Å². The molecular weight excluding hydrogens is 192 g/mol. The molecule has 0 aromatic rings. The summed E-state index contributed by atoms with van der Waals surface area (Å²) in [6, 6.07) is 0. The van der Waals surface area contributed by atoms with Gasteiger partial charge in [0.2, 0.25) is 0 Å². The number of rotatable bonds is 1. The molecule has 2 aliphatic carbocycles. The van der Waals surface area contributed by atoms with Gasteiger partial charge in [0.05, 0.1) is 5.92 Å². The third-order valence-corrected chi connectivity index (χ3v) is 2.75. The van der Waals surface area contributed by atoms with Crippen LogP contribution in [0.2, 0.25) is 0 Å². The van der Waals surface area contributed by atoms with E-state index < -0.39 is 11.8 Å². The lowest BCUT2D eigenvalue weighted by atomic mass is 9.74. The predicted octanol–water partition coefficient (Wildman–Crippen LogP) is 1.01. The number of Topliss-reactive ketones (excluding diaryl/α,β-unsaturated/α-hetero) is 1. The van der Waals surface area contributed by atoms with Crippen LogP contribution in [0.4, 0.5) is 0 Å². The Balaban J connectivity index is 2.48. The highest BCUT2D eigenvalue weighted by Gasteiger charge is 2.37. The highest BCUT2D eigenvalue weighted by Crippen LogP contribution is 2.31. The van der Waals surface area contributed by atoms with Gasteiger partial charge in [0, 0.05) is 11.5 Å². The molecule has 0 aromatic heterocycles. The van der Waals surface area contributed by atoms with Gasteiger partial charge in [-0.15, -0.1) is 0 Å². The largest absolute Gasteiger partial charge is 0.299 e. The van der Waals surface area contributed by atoms with Crippen molar-refractivity contribution in [3.8, 4) is 0 Å². The van der Waals surface area contributed by atoms with Crippen LogP contribution in [0.3, 0.4) is 0 Å². The summed E-state index contributed by atoms with van der Waals surface area (Å²) in [6.45, 7) is 1.44. The minimum Gasteiger partial charge on any atom is -0.299 e. The van der Waals surface area contributed by atoms with Gasteiger partial charge in [0.1, 0.15) is 5.78 Å². The van der Waals surface area contributed by atoms with Gasteiger partial charge in [-0.1, -0.05) is 18.2 Å². The molecule has 2 unspecified atom stereocenters. The molecule has 0 amide bonds. The first-order valence-corrected chi connectivity index (χ1v) is 4.76. The number of fused-ring (bicyclic) bond motifs is 1. The molecule has 3 nitrogen and oxygen atoms in total. The standard InChI is InChI=1S/C12H10O3/c1-7(13)8-3-2-4-9-10(14)5-6-11(15)12(8)9/h2-6,8,12H,1H3. The first-order chi connectivity index (χ1) is 7.11. The molecule has 0 bridgehead atoms. The van der Waals surface area contributed by atoms with Crippen molar-refractivity contribution in [2.24, 2.45) is 11.8 Å². The molecule has 2 rings (SSSR count). The van der Waals surface area contributed by atoms with E-state index in [1.807, 2.05) is 0 Å². The molecule has 0 fully saturated rings. The number of ketones is 3. The molecular formula is C12H10O3. The van der Waals surface area contributed by atoms with E-state index in [1.165, 1.54) is 19.1 Å². The fourth-order valence-electron chi connectivity index (χ4n) is 1.98. The number of hydrogen-bond acceptors (Lipinski definition) is 3. The number of carbonyl (C=O) groups is 3. The SMILES string of the molecule is CC(=O)C1C=CC=C2C(=O)C=CC(=O)C21. The zero-order valence-electron chi connectivity index (χ0n) is 8.27. The third-order valence-electron chi connectivity index (χ3n) is 2.75. The second-order valence-electron chi connectivity index (χ2n) is 3.72. The van der Waals surface area contributed by atoms with Crippen LogP contribution in [-0.2, 0) is 14.4 Å². The Kier molecular flexibility index (Phi) is 2.23. The molecule has 0 radical (unpaired) electrons. The summed E-state index contributed by atoms with van der Waals surface area (Å²) < 4.78 is 0. The van der Waals surface area contributed by atoms with E-state index in [-0.39, 0.29) is 17.3 Å². The summed E-state index contributed by atoms with van der Waals surface area (Å²) in [5.41, 5.74) is 0.435. The Bertz CT molecular complexity index is 438. The van der Waals surface area contributed by atoms with Crippen molar-refractivity contribution in [1.82, 2.24) is 0 Å². The average molecular weight is 202 g/mol. The Morgan fingerprint density at radius 3 is 2.67 bits per heavy atom. The number of hydrogen-bond donors (Lipinski definition) is 0. The maximum absolute atomic E-state index is 11.6. The van der Waals surface area contributed by atoms with Gasteiger partial charge < -0.3 is 0 Å². The van der Waals surface area contributed by atoms with Crippen LogP contribution in [0.15, 0.2) is 36.0 Å². The lowest BCUT2D eigenvalue weighted by Gasteiger charge is -2.26. The second kappa shape index (κ2) is 3.42. The summed E-state index contributed by atoms with van der Waals surface area (Å²) >= 11 is 0. The van der Waals surface area contributed by atoms with E-state index in [0.29, 0.717) is 5.57 Å². The van der Waals surface area contributed by atoms with Crippen LogP contribution in [0.1, 0.15) is 6.92 Å². The van der Waals surface area contributed by atoms with Crippen LogP contribution in [0.25, 0.3) is 0 Å². The van der Waals surface area contributed by atoms with Gasteiger partial charge in [-0.25, -0.2) is 0 Å². The summed E-state index contributed by atoms with van der Waals surface area (Å²) in [4.78, 5) is 34.5. The van der Waals surface area contributed by atoms with Gasteiger partial charge >= 0.3 is 0 Å². The molecule has 0 aliphatic heterocycles. The second-order valence-corrected chi connectivity index (χ2v) is 3.72. The van der Waals surface area contributed by atoms with E-state index in [9.17, 15) is 14.4 Å². The molecule has 0 heterocycles. The minimum atomic E-state index is -0.593. The average Bonchev–Trinajstić information content (AvgIpc) is 2.23. The third kappa shape index (κ3) is 1.50. The fraction of sp³-hybridized carbons (Fsp3) is 0.250. The maximum atomic E-state index is 11.6. The van der Waals surface area contributed by atoms with Gasteiger partial charge in [0.15, 0.2) is 11.6 Å². The van der Waals surface area contributed by atoms with Crippen molar-refractivity contribution < 1.29 is 14.4 Å². The Hall–Kier alpha value is -1.77.